The van der Waals surface area contributed by atoms with Gasteiger partial charge in [0.05, 0.1) is 22.6 Å². The smallest absolute Gasteiger partial charge is 0.337 e. The predicted octanol–water partition coefficient (Wildman–Crippen LogP) is 4.18. The molecule has 1 amide bonds. The number of rotatable bonds is 9. The molecule has 0 radical (unpaired) electrons. The average molecular weight is 503 g/mol. The summed E-state index contributed by atoms with van der Waals surface area (Å²) in [6.07, 6.45) is 0. The van der Waals surface area contributed by atoms with Crippen molar-refractivity contribution in [1.82, 2.24) is 4.72 Å². The minimum Gasteiger partial charge on any atom is -0.482 e. The molecule has 0 fully saturated rings. The summed E-state index contributed by atoms with van der Waals surface area (Å²) in [6, 6.07) is 18.9. The van der Waals surface area contributed by atoms with E-state index in [4.69, 9.17) is 16.3 Å². The molecule has 0 heterocycles. The topological polar surface area (TPSA) is 111 Å². The largest absolute Gasteiger partial charge is 0.482 e. The number of carbonyl (C=O) groups is 2. The molecule has 0 bridgehead atoms. The van der Waals surface area contributed by atoms with Gasteiger partial charge in [-0.15, -0.1) is 0 Å². The highest BCUT2D eigenvalue weighted by Gasteiger charge is 2.20. The van der Waals surface area contributed by atoms with E-state index in [2.05, 4.69) is 14.8 Å². The van der Waals surface area contributed by atoms with Gasteiger partial charge in [-0.2, -0.15) is 0 Å². The van der Waals surface area contributed by atoms with Crippen LogP contribution in [0.25, 0.3) is 0 Å². The fourth-order valence-corrected chi connectivity index (χ4v) is 4.58. The van der Waals surface area contributed by atoms with Gasteiger partial charge in [0.2, 0.25) is 10.0 Å². The molecule has 0 aromatic heterocycles. The van der Waals surface area contributed by atoms with Gasteiger partial charge < -0.3 is 14.8 Å². The normalized spacial score (nSPS) is 12.0. The lowest BCUT2D eigenvalue weighted by Gasteiger charge is -2.15. The molecule has 3 aromatic carbocycles. The Balaban J connectivity index is 1.59. The maximum Gasteiger partial charge on any atom is 0.337 e. The van der Waals surface area contributed by atoms with Crippen LogP contribution in [0.5, 0.6) is 5.75 Å². The van der Waals surface area contributed by atoms with E-state index in [1.807, 2.05) is 30.3 Å². The minimum absolute atomic E-state index is 0.0252. The Bertz CT molecular complexity index is 1260. The Morgan fingerprint density at radius 3 is 2.29 bits per heavy atom. The first-order valence-electron chi connectivity index (χ1n) is 10.2. The number of hydrogen-bond acceptors (Lipinski definition) is 6. The first-order chi connectivity index (χ1) is 16.2. The lowest BCUT2D eigenvalue weighted by Crippen LogP contribution is -2.27. The van der Waals surface area contributed by atoms with Gasteiger partial charge in [-0.3, -0.25) is 4.79 Å². The molecule has 10 heteroatoms. The Morgan fingerprint density at radius 1 is 1.00 bits per heavy atom. The first kappa shape index (κ1) is 25.2. The lowest BCUT2D eigenvalue weighted by atomic mass is 10.1. The lowest BCUT2D eigenvalue weighted by molar-refractivity contribution is -0.118. The van der Waals surface area contributed by atoms with E-state index in [0.29, 0.717) is 11.3 Å². The van der Waals surface area contributed by atoms with Crippen LogP contribution in [0.2, 0.25) is 5.02 Å². The number of hydrogen-bond donors (Lipinski definition) is 2. The van der Waals surface area contributed by atoms with Crippen LogP contribution in [0.1, 0.15) is 28.9 Å². The van der Waals surface area contributed by atoms with Crippen LogP contribution in [0.4, 0.5) is 5.69 Å². The van der Waals surface area contributed by atoms with Crippen molar-refractivity contribution in [2.24, 2.45) is 0 Å². The van der Waals surface area contributed by atoms with Crippen LogP contribution >= 0.6 is 11.6 Å². The summed E-state index contributed by atoms with van der Waals surface area (Å²) in [5.74, 6) is -0.782. The monoisotopic (exact) mass is 502 g/mol. The van der Waals surface area contributed by atoms with E-state index in [0.717, 1.165) is 5.56 Å². The molecular formula is C24H23ClN2O6S. The molecule has 0 aliphatic carbocycles. The van der Waals surface area contributed by atoms with E-state index in [-0.39, 0.29) is 22.3 Å². The van der Waals surface area contributed by atoms with Crippen molar-refractivity contribution in [2.45, 2.75) is 17.9 Å². The fraction of sp³-hybridized carbons (Fsp3) is 0.167. The van der Waals surface area contributed by atoms with Gasteiger partial charge >= 0.3 is 5.97 Å². The molecule has 8 nitrogen and oxygen atoms in total. The summed E-state index contributed by atoms with van der Waals surface area (Å²) in [4.78, 5) is 23.6. The number of benzene rings is 3. The third-order valence-corrected chi connectivity index (χ3v) is 6.63. The predicted molar refractivity (Wildman–Crippen MR) is 129 cm³/mol. The zero-order valence-electron chi connectivity index (χ0n) is 18.4. The molecule has 0 aliphatic heterocycles. The van der Waals surface area contributed by atoms with Crippen molar-refractivity contribution in [3.8, 4) is 5.75 Å². The Morgan fingerprint density at radius 2 is 1.68 bits per heavy atom. The average Bonchev–Trinajstić information content (AvgIpc) is 2.83. The molecule has 178 valence electrons. The number of methoxy groups -OCH3 is 1. The molecule has 0 saturated carbocycles. The van der Waals surface area contributed by atoms with Gasteiger partial charge in [-0.05, 0) is 55.0 Å². The highest BCUT2D eigenvalue weighted by molar-refractivity contribution is 7.89. The number of anilines is 1. The van der Waals surface area contributed by atoms with Crippen LogP contribution in [-0.4, -0.2) is 34.0 Å². The standard InChI is InChI=1S/C24H23ClN2O6S/c1-16(17-6-4-3-5-7-17)27-34(30,31)20-12-13-22(21(25)14-20)33-15-23(28)26-19-10-8-18(9-11-19)24(29)32-2/h3-14,16,27H,15H2,1-2H3,(H,26,28)/t16-/m0/s1. The van der Waals surface area contributed by atoms with Crippen LogP contribution < -0.4 is 14.8 Å². The molecule has 34 heavy (non-hydrogen) atoms. The molecule has 0 aliphatic rings. The van der Waals surface area contributed by atoms with E-state index < -0.39 is 27.9 Å². The maximum atomic E-state index is 12.7. The number of amides is 1. The van der Waals surface area contributed by atoms with E-state index in [9.17, 15) is 18.0 Å². The quantitative estimate of drug-likeness (QED) is 0.424. The SMILES string of the molecule is COC(=O)c1ccc(NC(=O)COc2ccc(S(=O)(=O)N[C@@H](C)c3ccccc3)cc2Cl)cc1. The summed E-state index contributed by atoms with van der Waals surface area (Å²) < 4.78 is 38.1. The molecular weight excluding hydrogens is 480 g/mol. The zero-order chi connectivity index (χ0) is 24.7. The molecule has 2 N–H and O–H groups in total. The fourth-order valence-electron chi connectivity index (χ4n) is 3.02. The molecule has 3 rings (SSSR count). The number of esters is 1. The summed E-state index contributed by atoms with van der Waals surface area (Å²) in [6.45, 7) is 1.39. The van der Waals surface area contributed by atoms with Crippen molar-refractivity contribution >= 4 is 39.2 Å². The summed E-state index contributed by atoms with van der Waals surface area (Å²) >= 11 is 6.20. The molecule has 0 spiro atoms. The zero-order valence-corrected chi connectivity index (χ0v) is 20.0. The summed E-state index contributed by atoms with van der Waals surface area (Å²) in [5, 5.41) is 2.67. The second-order valence-electron chi connectivity index (χ2n) is 7.25. The highest BCUT2D eigenvalue weighted by atomic mass is 35.5. The van der Waals surface area contributed by atoms with Crippen LogP contribution in [0.15, 0.2) is 77.7 Å². The maximum absolute atomic E-state index is 12.7. The van der Waals surface area contributed by atoms with Crippen molar-refractivity contribution in [3.63, 3.8) is 0 Å². The van der Waals surface area contributed by atoms with Crippen LogP contribution in [0.3, 0.4) is 0 Å². The van der Waals surface area contributed by atoms with Gasteiger partial charge in [0, 0.05) is 11.7 Å². The van der Waals surface area contributed by atoms with Crippen molar-refractivity contribution in [3.05, 3.63) is 88.9 Å². The second-order valence-corrected chi connectivity index (χ2v) is 9.37. The van der Waals surface area contributed by atoms with Crippen LogP contribution in [0, 0.1) is 0 Å². The molecule has 0 saturated heterocycles. The number of carbonyl (C=O) groups excluding carboxylic acids is 2. The number of halogens is 1. The van der Waals surface area contributed by atoms with Crippen molar-refractivity contribution in [2.75, 3.05) is 19.0 Å². The second kappa shape index (κ2) is 11.1. The molecule has 1 atom stereocenters. The van der Waals surface area contributed by atoms with E-state index in [1.54, 1.807) is 19.1 Å². The molecule has 3 aromatic rings. The van der Waals surface area contributed by atoms with E-state index in [1.165, 1.54) is 37.4 Å². The highest BCUT2D eigenvalue weighted by Crippen LogP contribution is 2.28. The molecule has 0 unspecified atom stereocenters. The Labute approximate surface area is 202 Å². The minimum atomic E-state index is -3.83. The number of nitrogens with one attached hydrogen (secondary N) is 2. The number of ether oxygens (including phenoxy) is 2. The summed E-state index contributed by atoms with van der Waals surface area (Å²) in [7, 11) is -2.55. The Kier molecular flexibility index (Phi) is 8.27. The third kappa shape index (κ3) is 6.57. The number of sulfonamides is 1. The third-order valence-electron chi connectivity index (χ3n) is 4.79. The van der Waals surface area contributed by atoms with Crippen molar-refractivity contribution in [1.29, 1.82) is 0 Å². The van der Waals surface area contributed by atoms with Gasteiger partial charge in [0.15, 0.2) is 6.61 Å². The first-order valence-corrected chi connectivity index (χ1v) is 12.0. The summed E-state index contributed by atoms with van der Waals surface area (Å²) in [5.41, 5.74) is 1.64. The van der Waals surface area contributed by atoms with Crippen LogP contribution in [-0.2, 0) is 19.6 Å². The van der Waals surface area contributed by atoms with Gasteiger partial charge in [-0.1, -0.05) is 41.9 Å². The van der Waals surface area contributed by atoms with E-state index >= 15 is 0 Å². The van der Waals surface area contributed by atoms with Gasteiger partial charge in [0.1, 0.15) is 5.75 Å². The Hall–Kier alpha value is -3.40. The van der Waals surface area contributed by atoms with Gasteiger partial charge in [-0.25, -0.2) is 17.9 Å². The van der Waals surface area contributed by atoms with Crippen molar-refractivity contribution < 1.29 is 27.5 Å². The van der Waals surface area contributed by atoms with Gasteiger partial charge in [0.25, 0.3) is 5.91 Å².